The normalized spacial score (nSPS) is 11.8. The van der Waals surface area contributed by atoms with Crippen molar-refractivity contribution >= 4 is 28.2 Å². The fourth-order valence-corrected chi connectivity index (χ4v) is 2.68. The number of urea groups is 1. The summed E-state index contributed by atoms with van der Waals surface area (Å²) < 4.78 is 25.0. The molecule has 0 spiro atoms. The van der Waals surface area contributed by atoms with Gasteiger partial charge in [0.1, 0.15) is 11.6 Å². The number of phenolic OH excluding ortho intramolecular Hbond substituents is 1. The van der Waals surface area contributed by atoms with E-state index in [1.165, 1.54) is 24.5 Å². The standard InChI is InChI=1S/C16H17FN2O3S/c1-3-10-8-12(20)5-6-14(10)19-16(21)18-11-4-7-15(23(2)22)13(17)9-11/h4-9,20H,3H2,1-2H3,(H2,18,19,21). The molecule has 0 heterocycles. The fourth-order valence-electron chi connectivity index (χ4n) is 2.09. The molecule has 5 nitrogen and oxygen atoms in total. The number of halogens is 1. The number of carbonyl (C=O) groups is 1. The molecule has 0 bridgehead atoms. The monoisotopic (exact) mass is 336 g/mol. The quantitative estimate of drug-likeness (QED) is 0.748. The zero-order valence-electron chi connectivity index (χ0n) is 12.7. The van der Waals surface area contributed by atoms with Gasteiger partial charge < -0.3 is 15.7 Å². The van der Waals surface area contributed by atoms with Crippen LogP contribution < -0.4 is 10.6 Å². The van der Waals surface area contributed by atoms with Crippen LogP contribution in [0.5, 0.6) is 5.75 Å². The van der Waals surface area contributed by atoms with E-state index in [1.807, 2.05) is 6.92 Å². The highest BCUT2D eigenvalue weighted by molar-refractivity contribution is 7.84. The van der Waals surface area contributed by atoms with Gasteiger partial charge in [0.25, 0.3) is 0 Å². The summed E-state index contributed by atoms with van der Waals surface area (Å²) >= 11 is 0. The molecule has 0 fully saturated rings. The number of benzene rings is 2. The number of rotatable bonds is 4. The average molecular weight is 336 g/mol. The first-order chi connectivity index (χ1) is 10.9. The van der Waals surface area contributed by atoms with Crippen molar-refractivity contribution in [1.29, 1.82) is 0 Å². The molecule has 2 amide bonds. The lowest BCUT2D eigenvalue weighted by molar-refractivity contribution is 0.262. The second-order valence-corrected chi connectivity index (χ2v) is 6.22. The first-order valence-corrected chi connectivity index (χ1v) is 8.49. The van der Waals surface area contributed by atoms with Gasteiger partial charge in [0.15, 0.2) is 0 Å². The van der Waals surface area contributed by atoms with E-state index in [0.717, 1.165) is 11.6 Å². The minimum atomic E-state index is -1.43. The Labute approximate surface area is 136 Å². The van der Waals surface area contributed by atoms with Crippen molar-refractivity contribution in [3.8, 4) is 5.75 Å². The van der Waals surface area contributed by atoms with Crippen LogP contribution in [0, 0.1) is 5.82 Å². The molecule has 0 aliphatic rings. The molecule has 23 heavy (non-hydrogen) atoms. The molecule has 0 aliphatic heterocycles. The van der Waals surface area contributed by atoms with Gasteiger partial charge in [-0.05, 0) is 48.4 Å². The minimum absolute atomic E-state index is 0.0859. The van der Waals surface area contributed by atoms with E-state index in [9.17, 15) is 18.5 Å². The molecule has 0 aromatic heterocycles. The third-order valence-electron chi connectivity index (χ3n) is 3.22. The molecular formula is C16H17FN2O3S. The third kappa shape index (κ3) is 4.29. The Bertz CT molecular complexity index is 765. The molecule has 1 unspecified atom stereocenters. The lowest BCUT2D eigenvalue weighted by Gasteiger charge is -2.12. The zero-order chi connectivity index (χ0) is 17.0. The summed E-state index contributed by atoms with van der Waals surface area (Å²) in [5, 5.41) is 14.6. The highest BCUT2D eigenvalue weighted by Crippen LogP contribution is 2.22. The van der Waals surface area contributed by atoms with E-state index in [4.69, 9.17) is 0 Å². The van der Waals surface area contributed by atoms with E-state index in [2.05, 4.69) is 10.6 Å². The van der Waals surface area contributed by atoms with Gasteiger partial charge in [0, 0.05) is 17.6 Å². The van der Waals surface area contributed by atoms with Crippen LogP contribution in [0.25, 0.3) is 0 Å². The van der Waals surface area contributed by atoms with Gasteiger partial charge in [-0.3, -0.25) is 4.21 Å². The maximum Gasteiger partial charge on any atom is 0.323 e. The average Bonchev–Trinajstić information content (AvgIpc) is 2.48. The molecule has 122 valence electrons. The van der Waals surface area contributed by atoms with Gasteiger partial charge >= 0.3 is 6.03 Å². The maximum absolute atomic E-state index is 13.7. The van der Waals surface area contributed by atoms with Crippen LogP contribution in [0.1, 0.15) is 12.5 Å². The summed E-state index contributed by atoms with van der Waals surface area (Å²) in [4.78, 5) is 12.1. The molecule has 3 N–H and O–H groups in total. The summed E-state index contributed by atoms with van der Waals surface area (Å²) in [7, 11) is -1.43. The smallest absolute Gasteiger partial charge is 0.323 e. The molecule has 0 saturated heterocycles. The number of aryl methyl sites for hydroxylation is 1. The van der Waals surface area contributed by atoms with Gasteiger partial charge in [-0.2, -0.15) is 0 Å². The van der Waals surface area contributed by atoms with Gasteiger partial charge in [-0.1, -0.05) is 6.92 Å². The Morgan fingerprint density at radius 2 is 1.96 bits per heavy atom. The number of hydrogen-bond donors (Lipinski definition) is 3. The summed E-state index contributed by atoms with van der Waals surface area (Å²) in [6, 6.07) is 8.08. The highest BCUT2D eigenvalue weighted by atomic mass is 32.2. The number of aromatic hydroxyl groups is 1. The minimum Gasteiger partial charge on any atom is -0.508 e. The Morgan fingerprint density at radius 1 is 1.22 bits per heavy atom. The predicted molar refractivity (Wildman–Crippen MR) is 88.9 cm³/mol. The molecule has 2 rings (SSSR count). The van der Waals surface area contributed by atoms with Crippen molar-refractivity contribution < 1.29 is 18.5 Å². The van der Waals surface area contributed by atoms with Crippen LogP contribution in [0.2, 0.25) is 0 Å². The van der Waals surface area contributed by atoms with E-state index in [1.54, 1.807) is 12.1 Å². The zero-order valence-corrected chi connectivity index (χ0v) is 13.5. The Morgan fingerprint density at radius 3 is 2.57 bits per heavy atom. The topological polar surface area (TPSA) is 78.4 Å². The van der Waals surface area contributed by atoms with Crippen LogP contribution in [0.3, 0.4) is 0 Å². The molecule has 0 saturated carbocycles. The van der Waals surface area contributed by atoms with Crippen molar-refractivity contribution in [3.63, 3.8) is 0 Å². The lowest BCUT2D eigenvalue weighted by Crippen LogP contribution is -2.20. The lowest BCUT2D eigenvalue weighted by atomic mass is 10.1. The molecule has 0 aliphatic carbocycles. The number of nitrogens with one attached hydrogen (secondary N) is 2. The van der Waals surface area contributed by atoms with E-state index in [0.29, 0.717) is 12.1 Å². The second kappa shape index (κ2) is 7.23. The third-order valence-corrected chi connectivity index (χ3v) is 4.17. The Balaban J connectivity index is 2.11. The Hall–Kier alpha value is -2.41. The van der Waals surface area contributed by atoms with E-state index < -0.39 is 22.6 Å². The van der Waals surface area contributed by atoms with Gasteiger partial charge in [0.05, 0.1) is 15.7 Å². The van der Waals surface area contributed by atoms with Crippen LogP contribution in [-0.2, 0) is 17.2 Å². The SMILES string of the molecule is CCc1cc(O)ccc1NC(=O)Nc1ccc(S(C)=O)c(F)c1. The number of phenols is 1. The maximum atomic E-state index is 13.7. The van der Waals surface area contributed by atoms with E-state index >= 15 is 0 Å². The van der Waals surface area contributed by atoms with Gasteiger partial charge in [0.2, 0.25) is 0 Å². The molecular weight excluding hydrogens is 319 g/mol. The van der Waals surface area contributed by atoms with E-state index in [-0.39, 0.29) is 16.3 Å². The first kappa shape index (κ1) is 17.0. The van der Waals surface area contributed by atoms with Crippen LogP contribution in [0.15, 0.2) is 41.3 Å². The Kier molecular flexibility index (Phi) is 5.33. The largest absolute Gasteiger partial charge is 0.508 e. The summed E-state index contributed by atoms with van der Waals surface area (Å²) in [6.07, 6.45) is 2.02. The molecule has 1 atom stereocenters. The second-order valence-electron chi connectivity index (χ2n) is 4.87. The molecule has 2 aromatic rings. The summed E-state index contributed by atoms with van der Waals surface area (Å²) in [5.41, 5.74) is 1.60. The van der Waals surface area contributed by atoms with Crippen LogP contribution >= 0.6 is 0 Å². The van der Waals surface area contributed by atoms with Crippen LogP contribution in [-0.4, -0.2) is 21.6 Å². The molecule has 7 heteroatoms. The van der Waals surface area contributed by atoms with Crippen molar-refractivity contribution in [2.75, 3.05) is 16.9 Å². The number of carbonyl (C=O) groups excluding carboxylic acids is 1. The van der Waals surface area contributed by atoms with Crippen LogP contribution in [0.4, 0.5) is 20.6 Å². The van der Waals surface area contributed by atoms with Gasteiger partial charge in [-0.15, -0.1) is 0 Å². The van der Waals surface area contributed by atoms with Crippen molar-refractivity contribution in [1.82, 2.24) is 0 Å². The number of hydrogen-bond acceptors (Lipinski definition) is 3. The summed E-state index contributed by atoms with van der Waals surface area (Å²) in [5.74, 6) is -0.513. The predicted octanol–water partition coefficient (Wildman–Crippen LogP) is 3.48. The summed E-state index contributed by atoms with van der Waals surface area (Å²) in [6.45, 7) is 1.90. The highest BCUT2D eigenvalue weighted by Gasteiger charge is 2.10. The van der Waals surface area contributed by atoms with Gasteiger partial charge in [-0.25, -0.2) is 9.18 Å². The van der Waals surface area contributed by atoms with Crippen molar-refractivity contribution in [2.45, 2.75) is 18.2 Å². The fraction of sp³-hybridized carbons (Fsp3) is 0.188. The van der Waals surface area contributed by atoms with Crippen molar-refractivity contribution in [2.24, 2.45) is 0 Å². The molecule has 0 radical (unpaired) electrons. The number of amides is 2. The number of anilines is 2. The van der Waals surface area contributed by atoms with Crippen molar-refractivity contribution in [3.05, 3.63) is 47.8 Å². The molecule has 2 aromatic carbocycles. The first-order valence-electron chi connectivity index (χ1n) is 6.93.